The van der Waals surface area contributed by atoms with E-state index < -0.39 is 0 Å². The second-order valence-electron chi connectivity index (χ2n) is 9.91. The Labute approximate surface area is 212 Å². The van der Waals surface area contributed by atoms with Gasteiger partial charge in [-0.1, -0.05) is 38.1 Å². The minimum absolute atomic E-state index is 0.157. The van der Waals surface area contributed by atoms with Gasteiger partial charge in [-0.25, -0.2) is 4.98 Å². The van der Waals surface area contributed by atoms with Crippen LogP contribution in [-0.2, 0) is 4.79 Å². The minimum Gasteiger partial charge on any atom is -0.494 e. The Balaban J connectivity index is 1.35. The number of fused-ring (bicyclic) bond motifs is 1. The second-order valence-corrected chi connectivity index (χ2v) is 9.91. The van der Waals surface area contributed by atoms with Crippen LogP contribution >= 0.6 is 0 Å². The Kier molecular flexibility index (Phi) is 8.58. The van der Waals surface area contributed by atoms with Crippen molar-refractivity contribution in [3.63, 3.8) is 0 Å². The molecule has 10 nitrogen and oxygen atoms in total. The van der Waals surface area contributed by atoms with Crippen LogP contribution in [0.25, 0.3) is 11.2 Å². The van der Waals surface area contributed by atoms with Crippen LogP contribution in [0.3, 0.4) is 0 Å². The van der Waals surface area contributed by atoms with Crippen molar-refractivity contribution in [2.45, 2.75) is 71.4 Å². The number of carbonyl (C=O) groups is 1. The monoisotopic (exact) mass is 495 g/mol. The van der Waals surface area contributed by atoms with Gasteiger partial charge in [0.05, 0.1) is 12.6 Å². The van der Waals surface area contributed by atoms with Gasteiger partial charge in [-0.15, -0.1) is 0 Å². The van der Waals surface area contributed by atoms with E-state index in [0.717, 1.165) is 40.4 Å². The molecule has 1 aromatic carbocycles. The smallest absolute Gasteiger partial charge is 0.307 e. The third-order valence-corrected chi connectivity index (χ3v) is 6.65. The molecule has 0 saturated heterocycles. The maximum atomic E-state index is 11.5. The van der Waals surface area contributed by atoms with Crippen LogP contribution in [0.5, 0.6) is 5.75 Å². The molecule has 7 N–H and O–H groups in total. The number of aromatic nitrogens is 4. The van der Waals surface area contributed by atoms with Crippen molar-refractivity contribution in [3.8, 4) is 5.75 Å². The number of nitrogens with zero attached hydrogens (tertiary/aromatic N) is 2. The molecule has 0 unspecified atom stereocenters. The van der Waals surface area contributed by atoms with Crippen molar-refractivity contribution >= 4 is 34.5 Å². The lowest BCUT2D eigenvalue weighted by Gasteiger charge is -2.23. The summed E-state index contributed by atoms with van der Waals surface area (Å²) in [5.41, 5.74) is 9.04. The number of rotatable bonds is 12. The van der Waals surface area contributed by atoms with Crippen LogP contribution in [0.15, 0.2) is 24.5 Å². The van der Waals surface area contributed by atoms with Crippen molar-refractivity contribution in [2.75, 3.05) is 23.8 Å². The number of ether oxygens (including phenoxy) is 1. The number of imidazole rings is 1. The summed E-state index contributed by atoms with van der Waals surface area (Å²) in [4.78, 5) is 27.3. The number of amides is 1. The summed E-state index contributed by atoms with van der Waals surface area (Å²) in [6.07, 6.45) is 8.70. The van der Waals surface area contributed by atoms with E-state index in [-0.39, 0.29) is 17.9 Å². The van der Waals surface area contributed by atoms with Gasteiger partial charge in [-0.2, -0.15) is 4.98 Å². The van der Waals surface area contributed by atoms with Crippen LogP contribution in [-0.4, -0.2) is 46.1 Å². The van der Waals surface area contributed by atoms with Crippen LogP contribution in [0, 0.1) is 12.8 Å². The summed E-state index contributed by atoms with van der Waals surface area (Å²) in [5, 5.41) is 10.2. The van der Waals surface area contributed by atoms with Crippen molar-refractivity contribution in [1.82, 2.24) is 20.3 Å². The van der Waals surface area contributed by atoms with Gasteiger partial charge >= 0.3 is 11.6 Å². The van der Waals surface area contributed by atoms with E-state index in [0.29, 0.717) is 25.1 Å². The van der Waals surface area contributed by atoms with Crippen LogP contribution in [0.1, 0.15) is 57.9 Å². The highest BCUT2D eigenvalue weighted by Crippen LogP contribution is 2.27. The molecule has 36 heavy (non-hydrogen) atoms. The molecule has 0 radical (unpaired) electrons. The van der Waals surface area contributed by atoms with Crippen LogP contribution in [0.4, 0.5) is 17.5 Å². The number of aromatic amines is 2. The van der Waals surface area contributed by atoms with Crippen molar-refractivity contribution < 1.29 is 14.5 Å². The molecule has 1 aliphatic rings. The van der Waals surface area contributed by atoms with E-state index in [4.69, 9.17) is 15.5 Å². The largest absolute Gasteiger partial charge is 0.494 e. The van der Waals surface area contributed by atoms with E-state index in [1.807, 2.05) is 39.0 Å². The maximum absolute atomic E-state index is 11.5. The van der Waals surface area contributed by atoms with Gasteiger partial charge in [0.2, 0.25) is 11.4 Å². The molecule has 4 rings (SSSR count). The van der Waals surface area contributed by atoms with Gasteiger partial charge < -0.3 is 26.4 Å². The van der Waals surface area contributed by atoms with Gasteiger partial charge in [0.25, 0.3) is 0 Å². The summed E-state index contributed by atoms with van der Waals surface area (Å²) in [5.74, 6) is 1.99. The minimum atomic E-state index is -0.320. The Morgan fingerprint density at radius 3 is 2.78 bits per heavy atom. The summed E-state index contributed by atoms with van der Waals surface area (Å²) < 4.78 is 5.91. The SMILES string of the molecule is Cc1cc(OCCCN[C@H](C(N)=O)C(C)C)ccc1Nc1nc(NC2CCCCC2)c2[nH]c[nH+]c2n1. The first-order chi connectivity index (χ1) is 17.4. The Morgan fingerprint density at radius 2 is 2.06 bits per heavy atom. The zero-order valence-electron chi connectivity index (χ0n) is 21.5. The molecule has 1 fully saturated rings. The van der Waals surface area contributed by atoms with Crippen molar-refractivity contribution in [1.29, 1.82) is 0 Å². The number of H-pyrrole nitrogens is 2. The topological polar surface area (TPSA) is 144 Å². The molecular weight excluding hydrogens is 456 g/mol. The normalized spacial score (nSPS) is 15.2. The Morgan fingerprint density at radius 1 is 1.25 bits per heavy atom. The molecule has 3 aromatic rings. The van der Waals surface area contributed by atoms with Crippen LogP contribution < -0.4 is 31.4 Å². The fourth-order valence-corrected chi connectivity index (χ4v) is 4.65. The number of benzene rings is 1. The van der Waals surface area contributed by atoms with Gasteiger partial charge in [-0.3, -0.25) is 9.78 Å². The summed E-state index contributed by atoms with van der Waals surface area (Å²) in [6, 6.07) is 6.03. The molecule has 1 atom stereocenters. The molecule has 0 spiro atoms. The van der Waals surface area contributed by atoms with E-state index in [2.05, 4.69) is 30.9 Å². The van der Waals surface area contributed by atoms with Crippen molar-refractivity contribution in [3.05, 3.63) is 30.1 Å². The average molecular weight is 496 g/mol. The third-order valence-electron chi connectivity index (χ3n) is 6.65. The van der Waals surface area contributed by atoms with Gasteiger partial charge in [0, 0.05) is 11.7 Å². The molecule has 2 heterocycles. The average Bonchev–Trinajstić information content (AvgIpc) is 3.32. The first-order valence-electron chi connectivity index (χ1n) is 13.0. The molecule has 1 saturated carbocycles. The van der Waals surface area contributed by atoms with Crippen molar-refractivity contribution in [2.24, 2.45) is 11.7 Å². The standard InChI is InChI=1S/C26H38N8O2/c1-16(2)21(23(27)35)28-12-7-13-36-19-10-11-20(17(3)14-19)32-26-33-24-22(29-15-30-24)25(34-26)31-18-8-5-4-6-9-18/h10-11,14-16,18,21,28H,4-9,12-13H2,1-3H3,(H2,27,35)(H3,29,30,31,32,33,34)/p+1/t21-/m0/s1. The van der Waals surface area contributed by atoms with Gasteiger partial charge in [0.15, 0.2) is 12.1 Å². The molecule has 194 valence electrons. The highest BCUT2D eigenvalue weighted by atomic mass is 16.5. The lowest BCUT2D eigenvalue weighted by Crippen LogP contribution is -2.45. The first-order valence-corrected chi connectivity index (χ1v) is 13.0. The molecule has 2 aromatic heterocycles. The summed E-state index contributed by atoms with van der Waals surface area (Å²) in [6.45, 7) is 7.19. The van der Waals surface area contributed by atoms with Crippen LogP contribution in [0.2, 0.25) is 0 Å². The number of primary amides is 1. The molecule has 0 bridgehead atoms. The summed E-state index contributed by atoms with van der Waals surface area (Å²) >= 11 is 0. The molecule has 1 aliphatic carbocycles. The number of nitrogens with two attached hydrogens (primary N) is 1. The Bertz CT molecular complexity index is 1160. The lowest BCUT2D eigenvalue weighted by atomic mass is 9.95. The quantitative estimate of drug-likeness (QED) is 0.242. The predicted molar refractivity (Wildman–Crippen MR) is 141 cm³/mol. The first kappa shape index (κ1) is 25.7. The molecule has 1 amide bonds. The van der Waals surface area contributed by atoms with Gasteiger partial charge in [0.1, 0.15) is 5.75 Å². The fourth-order valence-electron chi connectivity index (χ4n) is 4.65. The van der Waals surface area contributed by atoms with E-state index in [1.54, 1.807) is 6.33 Å². The van der Waals surface area contributed by atoms with E-state index >= 15 is 0 Å². The number of aryl methyl sites for hydroxylation is 1. The highest BCUT2D eigenvalue weighted by Gasteiger charge is 2.21. The van der Waals surface area contributed by atoms with E-state index in [1.165, 1.54) is 32.1 Å². The lowest BCUT2D eigenvalue weighted by molar-refractivity contribution is -0.347. The zero-order chi connectivity index (χ0) is 25.5. The molecular formula is C26H39N8O2+. The molecule has 0 aliphatic heterocycles. The molecule has 10 heteroatoms. The highest BCUT2D eigenvalue weighted by molar-refractivity contribution is 5.82. The summed E-state index contributed by atoms with van der Waals surface area (Å²) in [7, 11) is 0. The number of hydrogen-bond donors (Lipinski definition) is 5. The zero-order valence-corrected chi connectivity index (χ0v) is 21.5. The number of carbonyl (C=O) groups excluding carboxylic acids is 1. The van der Waals surface area contributed by atoms with Gasteiger partial charge in [-0.05, 0) is 62.4 Å². The number of anilines is 3. The maximum Gasteiger partial charge on any atom is 0.307 e. The number of hydrogen-bond acceptors (Lipinski definition) is 7. The number of nitrogens with one attached hydrogen (secondary N) is 5. The van der Waals surface area contributed by atoms with E-state index in [9.17, 15) is 4.79 Å². The fraction of sp³-hybridized carbons (Fsp3) is 0.538. The Hall–Kier alpha value is -3.40. The predicted octanol–water partition coefficient (Wildman–Crippen LogP) is 3.44. The second kappa shape index (κ2) is 12.0. The third kappa shape index (κ3) is 6.63.